The van der Waals surface area contributed by atoms with E-state index in [0.717, 1.165) is 32.4 Å². The highest BCUT2D eigenvalue weighted by molar-refractivity contribution is 6.33. The molecule has 0 atom stereocenters. The van der Waals surface area contributed by atoms with E-state index < -0.39 is 0 Å². The first-order valence-electron chi connectivity index (χ1n) is 10.8. The van der Waals surface area contributed by atoms with Crippen LogP contribution < -0.4 is 5.32 Å². The summed E-state index contributed by atoms with van der Waals surface area (Å²) in [7, 11) is 0. The Morgan fingerprint density at radius 1 is 0.586 bits per heavy atom. The van der Waals surface area contributed by atoms with Crippen LogP contribution in [0.3, 0.4) is 0 Å². The molecule has 146 valence electrons. The van der Waals surface area contributed by atoms with Crippen molar-refractivity contribution >= 4 is 43.1 Å². The summed E-state index contributed by atoms with van der Waals surface area (Å²) in [4.78, 5) is 0. The number of benzene rings is 5. The quantitative estimate of drug-likeness (QED) is 0.186. The third-order valence-corrected chi connectivity index (χ3v) is 6.19. The number of nitrogens with one attached hydrogen (secondary N) is 1. The van der Waals surface area contributed by atoms with E-state index in [-0.39, 0.29) is 0 Å². The third-order valence-electron chi connectivity index (χ3n) is 6.19. The van der Waals surface area contributed by atoms with Crippen LogP contribution in [0.4, 0.5) is 0 Å². The van der Waals surface area contributed by atoms with Crippen molar-refractivity contribution in [2.75, 3.05) is 13.2 Å². The number of aliphatic hydroxyl groups excluding tert-OH is 1. The maximum atomic E-state index is 8.88. The Hall–Kier alpha value is -2.68. The molecule has 0 saturated heterocycles. The molecule has 5 rings (SSSR count). The molecule has 0 heterocycles. The Kier molecular flexibility index (Phi) is 5.05. The second-order valence-corrected chi connectivity index (χ2v) is 8.02. The van der Waals surface area contributed by atoms with E-state index in [0.29, 0.717) is 6.61 Å². The topological polar surface area (TPSA) is 32.3 Å². The van der Waals surface area contributed by atoms with Crippen LogP contribution in [0, 0.1) is 0 Å². The first-order chi connectivity index (χ1) is 14.4. The van der Waals surface area contributed by atoms with Crippen molar-refractivity contribution in [2.24, 2.45) is 0 Å². The lowest BCUT2D eigenvalue weighted by molar-refractivity contribution is 0.282. The molecule has 0 spiro atoms. The molecule has 0 radical (unpaired) electrons. The van der Waals surface area contributed by atoms with Gasteiger partial charge in [-0.1, -0.05) is 79.6 Å². The lowest BCUT2D eigenvalue weighted by Gasteiger charge is -2.16. The SMILES string of the molecule is OCCCCCCNCc1ccc2c3cccc4cccc(c5cccc1c52)c43. The molecule has 29 heavy (non-hydrogen) atoms. The molecule has 0 aliphatic rings. The van der Waals surface area contributed by atoms with Crippen molar-refractivity contribution < 1.29 is 5.11 Å². The van der Waals surface area contributed by atoms with Gasteiger partial charge in [-0.2, -0.15) is 0 Å². The fraction of sp³-hybridized carbons (Fsp3) is 0.259. The standard InChI is InChI=1S/C27H27NO/c29-17-4-2-1-3-16-28-18-20-14-15-25-23-12-6-9-19-8-5-11-22(26(19)23)24-13-7-10-21(20)27(24)25/h5-15,28-29H,1-4,16-18H2. The molecular weight excluding hydrogens is 354 g/mol. The van der Waals surface area contributed by atoms with Crippen LogP contribution in [0.25, 0.3) is 43.1 Å². The summed E-state index contributed by atoms with van der Waals surface area (Å²) in [6.07, 6.45) is 4.38. The Balaban J connectivity index is 1.54. The Bertz CT molecular complexity index is 1220. The van der Waals surface area contributed by atoms with Gasteiger partial charge >= 0.3 is 0 Å². The van der Waals surface area contributed by atoms with Gasteiger partial charge in [0, 0.05) is 13.2 Å². The van der Waals surface area contributed by atoms with Crippen LogP contribution in [0.5, 0.6) is 0 Å². The van der Waals surface area contributed by atoms with Crippen LogP contribution in [0.1, 0.15) is 31.2 Å². The van der Waals surface area contributed by atoms with E-state index in [1.807, 2.05) is 0 Å². The third kappa shape index (κ3) is 3.23. The van der Waals surface area contributed by atoms with Gasteiger partial charge in [0.1, 0.15) is 0 Å². The fourth-order valence-corrected chi connectivity index (χ4v) is 4.80. The minimum absolute atomic E-state index is 0.310. The van der Waals surface area contributed by atoms with Crippen molar-refractivity contribution in [3.05, 3.63) is 72.3 Å². The average molecular weight is 382 g/mol. The lowest BCUT2D eigenvalue weighted by atomic mass is 9.88. The van der Waals surface area contributed by atoms with Gasteiger partial charge in [0.15, 0.2) is 0 Å². The van der Waals surface area contributed by atoms with Gasteiger partial charge in [-0.05, 0) is 68.0 Å². The molecule has 0 fully saturated rings. The Morgan fingerprint density at radius 2 is 1.21 bits per heavy atom. The highest BCUT2D eigenvalue weighted by Gasteiger charge is 2.13. The highest BCUT2D eigenvalue weighted by Crippen LogP contribution is 2.40. The van der Waals surface area contributed by atoms with E-state index in [2.05, 4.69) is 72.0 Å². The predicted molar refractivity (Wildman–Crippen MR) is 125 cm³/mol. The molecule has 5 aromatic rings. The number of hydrogen-bond donors (Lipinski definition) is 2. The summed E-state index contributed by atoms with van der Waals surface area (Å²) in [6, 6.07) is 24.7. The van der Waals surface area contributed by atoms with Gasteiger partial charge in [0.2, 0.25) is 0 Å². The molecule has 2 N–H and O–H groups in total. The van der Waals surface area contributed by atoms with Gasteiger partial charge in [0.25, 0.3) is 0 Å². The molecule has 0 unspecified atom stereocenters. The second-order valence-electron chi connectivity index (χ2n) is 8.02. The number of unbranched alkanes of at least 4 members (excludes halogenated alkanes) is 3. The van der Waals surface area contributed by atoms with E-state index in [1.165, 1.54) is 55.1 Å². The number of hydrogen-bond acceptors (Lipinski definition) is 2. The first-order valence-corrected chi connectivity index (χ1v) is 10.8. The fourth-order valence-electron chi connectivity index (χ4n) is 4.80. The summed E-state index contributed by atoms with van der Waals surface area (Å²) in [5.74, 6) is 0. The maximum absolute atomic E-state index is 8.88. The van der Waals surface area contributed by atoms with Crippen LogP contribution in [-0.2, 0) is 6.54 Å². The van der Waals surface area contributed by atoms with Gasteiger partial charge < -0.3 is 10.4 Å². The molecule has 0 bridgehead atoms. The zero-order valence-corrected chi connectivity index (χ0v) is 16.7. The number of aliphatic hydroxyl groups is 1. The molecule has 0 saturated carbocycles. The van der Waals surface area contributed by atoms with Crippen molar-refractivity contribution in [2.45, 2.75) is 32.2 Å². The van der Waals surface area contributed by atoms with Crippen LogP contribution in [0.2, 0.25) is 0 Å². The molecular formula is C27H27NO. The lowest BCUT2D eigenvalue weighted by Crippen LogP contribution is -2.15. The first kappa shape index (κ1) is 18.4. The van der Waals surface area contributed by atoms with E-state index in [1.54, 1.807) is 0 Å². The smallest absolute Gasteiger partial charge is 0.0431 e. The molecule has 0 aromatic heterocycles. The zero-order valence-electron chi connectivity index (χ0n) is 16.7. The highest BCUT2D eigenvalue weighted by atomic mass is 16.2. The van der Waals surface area contributed by atoms with Crippen LogP contribution in [-0.4, -0.2) is 18.3 Å². The molecule has 5 aromatic carbocycles. The van der Waals surface area contributed by atoms with Crippen molar-refractivity contribution in [1.82, 2.24) is 5.32 Å². The minimum Gasteiger partial charge on any atom is -0.396 e. The second kappa shape index (κ2) is 7.98. The minimum atomic E-state index is 0.310. The Morgan fingerprint density at radius 3 is 1.97 bits per heavy atom. The van der Waals surface area contributed by atoms with Gasteiger partial charge in [-0.25, -0.2) is 0 Å². The van der Waals surface area contributed by atoms with Gasteiger partial charge in [0.05, 0.1) is 0 Å². The van der Waals surface area contributed by atoms with E-state index in [9.17, 15) is 0 Å². The summed E-state index contributed by atoms with van der Waals surface area (Å²) >= 11 is 0. The summed E-state index contributed by atoms with van der Waals surface area (Å²) in [5, 5.41) is 23.4. The molecule has 0 aliphatic carbocycles. The van der Waals surface area contributed by atoms with Gasteiger partial charge in [-0.3, -0.25) is 0 Å². The predicted octanol–water partition coefficient (Wildman–Crippen LogP) is 6.38. The monoisotopic (exact) mass is 381 g/mol. The number of fused-ring (bicyclic) bond motifs is 2. The summed E-state index contributed by atoms with van der Waals surface area (Å²) in [5.41, 5.74) is 1.37. The number of rotatable bonds is 8. The van der Waals surface area contributed by atoms with Crippen molar-refractivity contribution in [3.8, 4) is 0 Å². The summed E-state index contributed by atoms with van der Waals surface area (Å²) < 4.78 is 0. The van der Waals surface area contributed by atoms with Gasteiger partial charge in [-0.15, -0.1) is 0 Å². The molecule has 2 nitrogen and oxygen atoms in total. The maximum Gasteiger partial charge on any atom is 0.0431 e. The molecule has 0 aliphatic heterocycles. The Labute approximate surface area is 171 Å². The normalized spacial score (nSPS) is 12.0. The largest absolute Gasteiger partial charge is 0.396 e. The van der Waals surface area contributed by atoms with Crippen LogP contribution >= 0.6 is 0 Å². The van der Waals surface area contributed by atoms with E-state index in [4.69, 9.17) is 5.11 Å². The molecule has 2 heteroatoms. The van der Waals surface area contributed by atoms with Crippen molar-refractivity contribution in [1.29, 1.82) is 0 Å². The average Bonchev–Trinajstić information content (AvgIpc) is 2.77. The molecule has 0 amide bonds. The zero-order chi connectivity index (χ0) is 19.6. The van der Waals surface area contributed by atoms with Crippen LogP contribution in [0.15, 0.2) is 66.7 Å². The van der Waals surface area contributed by atoms with Crippen molar-refractivity contribution in [3.63, 3.8) is 0 Å². The summed E-state index contributed by atoms with van der Waals surface area (Å²) in [6.45, 7) is 2.23. The van der Waals surface area contributed by atoms with E-state index >= 15 is 0 Å².